The molecule has 1 aliphatic rings. The third-order valence-electron chi connectivity index (χ3n) is 6.45. The molecule has 0 spiro atoms. The summed E-state index contributed by atoms with van der Waals surface area (Å²) in [5, 5.41) is 0. The van der Waals surface area contributed by atoms with E-state index in [1.807, 2.05) is 19.9 Å². The number of hydrogen-bond donors (Lipinski definition) is 0. The highest BCUT2D eigenvalue weighted by atomic mass is 31.2. The van der Waals surface area contributed by atoms with Gasteiger partial charge in [0.1, 0.15) is 23.7 Å². The van der Waals surface area contributed by atoms with E-state index in [0.717, 1.165) is 28.3 Å². The quantitative estimate of drug-likeness (QED) is 0.0935. The average Bonchev–Trinajstić information content (AvgIpc) is 3.24. The molecule has 0 amide bonds. The van der Waals surface area contributed by atoms with E-state index in [4.69, 9.17) is 28.0 Å². The van der Waals surface area contributed by atoms with Crippen LogP contribution in [0, 0.1) is 6.92 Å². The monoisotopic (exact) mass is 584 g/mol. The Morgan fingerprint density at radius 3 is 2.28 bits per heavy atom. The first-order valence-electron chi connectivity index (χ1n) is 13.6. The summed E-state index contributed by atoms with van der Waals surface area (Å²) in [6.45, 7) is 16.7. The number of carbonyl (C=O) groups excluding carboxylic acids is 2. The molecule has 0 saturated carbocycles. The van der Waals surface area contributed by atoms with Gasteiger partial charge in [0.2, 0.25) is 0 Å². The van der Waals surface area contributed by atoms with Crippen LogP contribution in [0.4, 0.5) is 0 Å². The van der Waals surface area contributed by atoms with Gasteiger partial charge >= 0.3 is 19.5 Å². The predicted molar refractivity (Wildman–Crippen MR) is 154 cm³/mol. The summed E-state index contributed by atoms with van der Waals surface area (Å²) in [6, 6.07) is 0.923. The lowest BCUT2D eigenvalue weighted by atomic mass is 9.94. The number of fused-ring (bicyclic) bond motifs is 1. The average molecular weight is 585 g/mol. The van der Waals surface area contributed by atoms with Crippen molar-refractivity contribution in [2.45, 2.75) is 85.4 Å². The van der Waals surface area contributed by atoms with Gasteiger partial charge in [-0.1, -0.05) is 31.3 Å². The highest BCUT2D eigenvalue weighted by Crippen LogP contribution is 2.55. The lowest BCUT2D eigenvalue weighted by Gasteiger charge is -2.25. The topological polar surface area (TPSA) is 107 Å². The van der Waals surface area contributed by atoms with Gasteiger partial charge in [0.15, 0.2) is 5.66 Å². The molecule has 0 bridgehead atoms. The molecule has 0 N–H and O–H groups in total. The molecule has 39 heavy (non-hydrogen) atoms. The molecule has 220 valence electrons. The van der Waals surface area contributed by atoms with Crippen LogP contribution >= 0.6 is 7.60 Å². The minimum absolute atomic E-state index is 0.121. The van der Waals surface area contributed by atoms with Crippen LogP contribution in [0.2, 0.25) is 25.7 Å². The second kappa shape index (κ2) is 14.5. The van der Waals surface area contributed by atoms with Crippen LogP contribution in [0.1, 0.15) is 61.2 Å². The summed E-state index contributed by atoms with van der Waals surface area (Å²) in [5.74, 6) is 0.0841. The molecule has 0 aromatic heterocycles. The fourth-order valence-corrected chi connectivity index (χ4v) is 7.15. The molecule has 0 radical (unpaired) electrons. The van der Waals surface area contributed by atoms with Gasteiger partial charge in [0, 0.05) is 19.2 Å². The lowest BCUT2D eigenvalue weighted by Crippen LogP contribution is -2.26. The lowest BCUT2D eigenvalue weighted by molar-refractivity contribution is -0.143. The third kappa shape index (κ3) is 8.43. The van der Waals surface area contributed by atoms with Crippen molar-refractivity contribution in [3.63, 3.8) is 0 Å². The number of ether oxygens (including phenoxy) is 4. The Hall–Kier alpha value is -2.13. The summed E-state index contributed by atoms with van der Waals surface area (Å²) in [4.78, 5) is 25.6. The van der Waals surface area contributed by atoms with Crippen molar-refractivity contribution in [2.24, 2.45) is 0 Å². The molecule has 9 nitrogen and oxygen atoms in total. The van der Waals surface area contributed by atoms with Gasteiger partial charge in [-0.2, -0.15) is 0 Å². The largest absolute Gasteiger partial charge is 0.496 e. The maximum absolute atomic E-state index is 13.5. The number of esters is 2. The van der Waals surface area contributed by atoms with Crippen molar-refractivity contribution in [1.29, 1.82) is 0 Å². The Bertz CT molecular complexity index is 1100. The van der Waals surface area contributed by atoms with Gasteiger partial charge in [-0.05, 0) is 59.1 Å². The van der Waals surface area contributed by atoms with E-state index in [1.165, 1.54) is 0 Å². The summed E-state index contributed by atoms with van der Waals surface area (Å²) in [5.41, 5.74) is 2.47. The number of allylic oxidation sites excluding steroid dienone is 2. The first-order chi connectivity index (χ1) is 18.3. The highest BCUT2D eigenvalue weighted by Gasteiger charge is 2.42. The van der Waals surface area contributed by atoms with Gasteiger partial charge < -0.3 is 28.0 Å². The van der Waals surface area contributed by atoms with Crippen LogP contribution in [0.15, 0.2) is 11.6 Å². The summed E-state index contributed by atoms with van der Waals surface area (Å²) in [6.07, 6.45) is 2.40. The summed E-state index contributed by atoms with van der Waals surface area (Å²) < 4.78 is 47.2. The van der Waals surface area contributed by atoms with Gasteiger partial charge in [-0.15, -0.1) is 0 Å². The van der Waals surface area contributed by atoms with Crippen molar-refractivity contribution in [3.05, 3.63) is 33.9 Å². The standard InChI is InChI=1S/C28H45O9PSi/c1-10-33-27(29)23(38(31,36-11-2)37-12-3)17-19(4)13-14-21-25(32-6)20(5)22-18-35-28(30)24(22)26(21)34-15-16-39(7,8)9/h13,23H,10-12,14-18H2,1-9H3. The number of rotatable bonds is 16. The molecule has 0 saturated heterocycles. The van der Waals surface area contributed by atoms with Crippen molar-refractivity contribution in [2.75, 3.05) is 33.5 Å². The van der Waals surface area contributed by atoms with Crippen molar-refractivity contribution < 1.29 is 42.1 Å². The molecule has 1 aliphatic heterocycles. The Balaban J connectivity index is 2.50. The van der Waals surface area contributed by atoms with Crippen LogP contribution in [0.3, 0.4) is 0 Å². The molecular weight excluding hydrogens is 539 g/mol. The molecular formula is C28H45O9PSi. The van der Waals surface area contributed by atoms with Gasteiger partial charge in [-0.3, -0.25) is 9.36 Å². The van der Waals surface area contributed by atoms with Crippen molar-refractivity contribution in [3.8, 4) is 11.5 Å². The van der Waals surface area contributed by atoms with Crippen LogP contribution < -0.4 is 9.47 Å². The van der Waals surface area contributed by atoms with Crippen molar-refractivity contribution >= 4 is 27.6 Å². The van der Waals surface area contributed by atoms with E-state index >= 15 is 0 Å². The highest BCUT2D eigenvalue weighted by molar-refractivity contribution is 7.55. The molecule has 11 heteroatoms. The summed E-state index contributed by atoms with van der Waals surface area (Å²) in [7, 11) is -3.56. The molecule has 1 aromatic carbocycles. The van der Waals surface area contributed by atoms with Crippen molar-refractivity contribution in [1.82, 2.24) is 0 Å². The first kappa shape index (κ1) is 33.1. The molecule has 1 unspecified atom stereocenters. The van der Waals surface area contributed by atoms with E-state index in [-0.39, 0.29) is 32.8 Å². The van der Waals surface area contributed by atoms with E-state index in [1.54, 1.807) is 27.9 Å². The van der Waals surface area contributed by atoms with E-state index in [2.05, 4.69) is 19.6 Å². The second-order valence-electron chi connectivity index (χ2n) is 10.7. The smallest absolute Gasteiger partial charge is 0.345 e. The molecule has 0 fully saturated rings. The fourth-order valence-electron chi connectivity index (χ4n) is 4.43. The Morgan fingerprint density at radius 2 is 1.74 bits per heavy atom. The molecule has 1 aromatic rings. The SMILES string of the molecule is CCOC(=O)C(CC(C)=CCc1c(OC)c(C)c2c(c1OCC[Si](C)(C)C)C(=O)OC2)P(=O)(OCC)OCC. The maximum Gasteiger partial charge on any atom is 0.345 e. The van der Waals surface area contributed by atoms with Crippen LogP contribution in [0.5, 0.6) is 11.5 Å². The van der Waals surface area contributed by atoms with Gasteiger partial charge in [0.25, 0.3) is 0 Å². The number of cyclic esters (lactones) is 1. The molecule has 2 rings (SSSR count). The normalized spacial score (nSPS) is 14.6. The second-order valence-corrected chi connectivity index (χ2v) is 18.5. The van der Waals surface area contributed by atoms with Crippen LogP contribution in [-0.2, 0) is 40.9 Å². The van der Waals surface area contributed by atoms with Gasteiger partial charge in [0.05, 0.1) is 33.5 Å². The number of benzene rings is 1. The minimum atomic E-state index is -3.77. The first-order valence-corrected chi connectivity index (χ1v) is 18.9. The zero-order valence-corrected chi connectivity index (χ0v) is 26.8. The maximum atomic E-state index is 13.5. The van der Waals surface area contributed by atoms with Crippen LogP contribution in [-0.4, -0.2) is 59.2 Å². The Kier molecular flexibility index (Phi) is 12.3. The summed E-state index contributed by atoms with van der Waals surface area (Å²) >= 11 is 0. The van der Waals surface area contributed by atoms with E-state index in [9.17, 15) is 14.2 Å². The molecule has 0 aliphatic carbocycles. The number of hydrogen-bond acceptors (Lipinski definition) is 9. The van der Waals surface area contributed by atoms with E-state index in [0.29, 0.717) is 30.1 Å². The Labute approximate surface area is 234 Å². The minimum Gasteiger partial charge on any atom is -0.496 e. The van der Waals surface area contributed by atoms with Gasteiger partial charge in [-0.25, -0.2) is 4.79 Å². The predicted octanol–water partition coefficient (Wildman–Crippen LogP) is 6.47. The fraction of sp³-hybridized carbons (Fsp3) is 0.643. The number of carbonyl (C=O) groups is 2. The third-order valence-corrected chi connectivity index (χ3v) is 10.6. The molecule has 1 heterocycles. The Morgan fingerprint density at radius 1 is 1.10 bits per heavy atom. The zero-order valence-electron chi connectivity index (χ0n) is 24.9. The number of methoxy groups -OCH3 is 1. The zero-order chi connectivity index (χ0) is 29.4. The van der Waals surface area contributed by atoms with Crippen LogP contribution in [0.25, 0.3) is 0 Å². The van der Waals surface area contributed by atoms with E-state index < -0.39 is 33.3 Å². The molecule has 1 atom stereocenters.